The maximum atomic E-state index is 12.3. The molecule has 2 rings (SSSR count). The molecular weight excluding hydrogens is 286 g/mol. The zero-order valence-corrected chi connectivity index (χ0v) is 13.8. The highest BCUT2D eigenvalue weighted by Gasteiger charge is 2.25. The zero-order valence-electron chi connectivity index (χ0n) is 13.0. The molecule has 0 atom stereocenters. The van der Waals surface area contributed by atoms with Crippen LogP contribution in [0.15, 0.2) is 23.1 Å². The number of aryl methyl sites for hydroxylation is 1. The van der Waals surface area contributed by atoms with Crippen molar-refractivity contribution in [3.8, 4) is 0 Å². The van der Waals surface area contributed by atoms with Crippen LogP contribution in [-0.2, 0) is 16.6 Å². The molecule has 0 bridgehead atoms. The van der Waals surface area contributed by atoms with Gasteiger partial charge in [-0.05, 0) is 57.1 Å². The van der Waals surface area contributed by atoms with E-state index in [4.69, 9.17) is 0 Å². The second-order valence-electron chi connectivity index (χ2n) is 5.73. The van der Waals surface area contributed by atoms with Gasteiger partial charge >= 0.3 is 0 Å². The minimum Gasteiger partial charge on any atom is -0.316 e. The maximum Gasteiger partial charge on any atom is 0.240 e. The number of nitrogens with one attached hydrogen (secondary N) is 2. The van der Waals surface area contributed by atoms with Gasteiger partial charge in [-0.2, -0.15) is 0 Å². The number of likely N-dealkylation sites (N-methyl/N-ethyl adjacent to an activating group) is 1. The van der Waals surface area contributed by atoms with Crippen LogP contribution in [0.2, 0.25) is 0 Å². The van der Waals surface area contributed by atoms with Crippen molar-refractivity contribution in [1.82, 2.24) is 14.9 Å². The molecule has 0 amide bonds. The Labute approximate surface area is 127 Å². The second-order valence-corrected chi connectivity index (χ2v) is 7.50. The molecule has 1 aliphatic carbocycles. The van der Waals surface area contributed by atoms with Crippen molar-refractivity contribution in [2.24, 2.45) is 0 Å². The van der Waals surface area contributed by atoms with E-state index in [2.05, 4.69) is 14.9 Å². The third-order valence-electron chi connectivity index (χ3n) is 3.92. The van der Waals surface area contributed by atoms with Gasteiger partial charge in [-0.25, -0.2) is 13.1 Å². The summed E-state index contributed by atoms with van der Waals surface area (Å²) in [6.07, 6.45) is 2.46. The molecule has 1 fully saturated rings. The van der Waals surface area contributed by atoms with Gasteiger partial charge in [0.05, 0.1) is 4.90 Å². The molecule has 21 heavy (non-hydrogen) atoms. The van der Waals surface area contributed by atoms with Crippen LogP contribution in [0, 0.1) is 6.92 Å². The first-order chi connectivity index (χ1) is 9.94. The van der Waals surface area contributed by atoms with Gasteiger partial charge in [0.15, 0.2) is 0 Å². The molecule has 0 spiro atoms. The minimum atomic E-state index is -3.42. The van der Waals surface area contributed by atoms with Gasteiger partial charge < -0.3 is 10.2 Å². The summed E-state index contributed by atoms with van der Waals surface area (Å²) >= 11 is 0. The molecule has 2 N–H and O–H groups in total. The Morgan fingerprint density at radius 3 is 2.67 bits per heavy atom. The first-order valence-electron chi connectivity index (χ1n) is 7.38. The molecule has 0 aliphatic heterocycles. The van der Waals surface area contributed by atoms with Crippen LogP contribution >= 0.6 is 0 Å². The Balaban J connectivity index is 1.99. The van der Waals surface area contributed by atoms with Crippen molar-refractivity contribution in [2.45, 2.75) is 37.2 Å². The summed E-state index contributed by atoms with van der Waals surface area (Å²) in [4.78, 5) is 2.55. The third kappa shape index (κ3) is 4.51. The van der Waals surface area contributed by atoms with Crippen LogP contribution in [-0.4, -0.2) is 46.5 Å². The van der Waals surface area contributed by atoms with Gasteiger partial charge in [0.25, 0.3) is 0 Å². The third-order valence-corrected chi connectivity index (χ3v) is 5.38. The van der Waals surface area contributed by atoms with Crippen molar-refractivity contribution < 1.29 is 8.42 Å². The topological polar surface area (TPSA) is 61.4 Å². The highest BCUT2D eigenvalue weighted by molar-refractivity contribution is 7.89. The molecule has 0 heterocycles. The van der Waals surface area contributed by atoms with Gasteiger partial charge in [-0.1, -0.05) is 6.07 Å². The van der Waals surface area contributed by atoms with E-state index < -0.39 is 10.0 Å². The molecule has 1 aliphatic rings. The lowest BCUT2D eigenvalue weighted by Gasteiger charge is -2.16. The number of benzene rings is 1. The van der Waals surface area contributed by atoms with Crippen LogP contribution in [0.1, 0.15) is 24.0 Å². The summed E-state index contributed by atoms with van der Waals surface area (Å²) < 4.78 is 27.3. The van der Waals surface area contributed by atoms with Crippen LogP contribution in [0.4, 0.5) is 0 Å². The largest absolute Gasteiger partial charge is 0.316 e. The van der Waals surface area contributed by atoms with Crippen molar-refractivity contribution in [1.29, 1.82) is 0 Å². The lowest BCUT2D eigenvalue weighted by atomic mass is 10.1. The number of nitrogens with zero attached hydrogens (tertiary/aromatic N) is 1. The predicted octanol–water partition coefficient (Wildman–Crippen LogP) is 1.09. The summed E-state index contributed by atoms with van der Waals surface area (Å²) in [6, 6.07) is 5.92. The van der Waals surface area contributed by atoms with Crippen LogP contribution in [0.3, 0.4) is 0 Å². The van der Waals surface area contributed by atoms with Crippen molar-refractivity contribution >= 4 is 10.0 Å². The zero-order chi connectivity index (χ0) is 15.5. The Kier molecular flexibility index (Phi) is 5.37. The van der Waals surface area contributed by atoms with Crippen LogP contribution in [0.25, 0.3) is 0 Å². The van der Waals surface area contributed by atoms with Crippen molar-refractivity contribution in [2.75, 3.05) is 27.2 Å². The molecule has 0 radical (unpaired) electrons. The summed E-state index contributed by atoms with van der Waals surface area (Å²) in [5.41, 5.74) is 2.10. The van der Waals surface area contributed by atoms with E-state index in [0.29, 0.717) is 24.0 Å². The average Bonchev–Trinajstić information content (AvgIpc) is 3.25. The van der Waals surface area contributed by atoms with Gasteiger partial charge in [0, 0.05) is 25.7 Å². The molecule has 6 heteroatoms. The van der Waals surface area contributed by atoms with E-state index in [1.165, 1.54) is 12.8 Å². The normalized spacial score (nSPS) is 15.6. The van der Waals surface area contributed by atoms with E-state index in [0.717, 1.165) is 17.7 Å². The fourth-order valence-electron chi connectivity index (χ4n) is 2.33. The average molecular weight is 311 g/mol. The number of rotatable bonds is 8. The van der Waals surface area contributed by atoms with Crippen LogP contribution < -0.4 is 10.0 Å². The maximum absolute atomic E-state index is 12.3. The first kappa shape index (κ1) is 16.4. The SMILES string of the molecule is CNCc1cc(S(=O)(=O)NCCN(C)C2CC2)ccc1C. The van der Waals surface area contributed by atoms with Crippen LogP contribution in [0.5, 0.6) is 0 Å². The van der Waals surface area contributed by atoms with Gasteiger partial charge in [0.2, 0.25) is 10.0 Å². The molecule has 1 aromatic rings. The van der Waals surface area contributed by atoms with Crippen molar-refractivity contribution in [3.05, 3.63) is 29.3 Å². The molecule has 118 valence electrons. The predicted molar refractivity (Wildman–Crippen MR) is 84.8 cm³/mol. The minimum absolute atomic E-state index is 0.340. The molecule has 1 saturated carbocycles. The lowest BCUT2D eigenvalue weighted by molar-refractivity contribution is 0.329. The second kappa shape index (κ2) is 6.87. The molecular formula is C15H25N3O2S. The molecule has 0 saturated heterocycles. The highest BCUT2D eigenvalue weighted by atomic mass is 32.2. The van der Waals surface area contributed by atoms with Gasteiger partial charge in [-0.3, -0.25) is 0 Å². The molecule has 1 aromatic carbocycles. The molecule has 0 unspecified atom stereocenters. The quantitative estimate of drug-likeness (QED) is 0.754. The fourth-order valence-corrected chi connectivity index (χ4v) is 3.40. The Morgan fingerprint density at radius 1 is 1.33 bits per heavy atom. The van der Waals surface area contributed by atoms with Gasteiger partial charge in [0.1, 0.15) is 0 Å². The lowest BCUT2D eigenvalue weighted by Crippen LogP contribution is -2.34. The summed E-state index contributed by atoms with van der Waals surface area (Å²) in [7, 11) is 0.475. The molecule has 5 nitrogen and oxygen atoms in total. The van der Waals surface area contributed by atoms with E-state index in [-0.39, 0.29) is 0 Å². The number of sulfonamides is 1. The fraction of sp³-hybridized carbons (Fsp3) is 0.600. The smallest absolute Gasteiger partial charge is 0.240 e. The summed E-state index contributed by atoms with van der Waals surface area (Å²) in [5, 5.41) is 3.06. The number of hydrogen-bond acceptors (Lipinski definition) is 4. The summed E-state index contributed by atoms with van der Waals surface area (Å²) in [5.74, 6) is 0. The van der Waals surface area contributed by atoms with E-state index in [9.17, 15) is 8.42 Å². The molecule has 0 aromatic heterocycles. The standard InChI is InChI=1S/C15H25N3O2S/c1-12-4-7-15(10-13(12)11-16-2)21(19,20)17-8-9-18(3)14-5-6-14/h4,7,10,14,16-17H,5-6,8-9,11H2,1-3H3. The summed E-state index contributed by atoms with van der Waals surface area (Å²) in [6.45, 7) is 3.85. The van der Waals surface area contributed by atoms with Crippen molar-refractivity contribution in [3.63, 3.8) is 0 Å². The Bertz CT molecular complexity index is 583. The Hall–Kier alpha value is -0.950. The Morgan fingerprint density at radius 2 is 2.05 bits per heavy atom. The van der Waals surface area contributed by atoms with Gasteiger partial charge in [-0.15, -0.1) is 0 Å². The number of hydrogen-bond donors (Lipinski definition) is 2. The van der Waals surface area contributed by atoms with E-state index in [1.807, 2.05) is 27.1 Å². The van der Waals surface area contributed by atoms with E-state index >= 15 is 0 Å². The van der Waals surface area contributed by atoms with E-state index in [1.54, 1.807) is 12.1 Å². The first-order valence-corrected chi connectivity index (χ1v) is 8.86. The monoisotopic (exact) mass is 311 g/mol. The highest BCUT2D eigenvalue weighted by Crippen LogP contribution is 2.24.